The third-order valence-corrected chi connectivity index (χ3v) is 1.80. The molecule has 16 heavy (non-hydrogen) atoms. The third-order valence-electron chi connectivity index (χ3n) is 1.80. The second kappa shape index (κ2) is 7.17. The van der Waals surface area contributed by atoms with Crippen LogP contribution in [-0.2, 0) is 9.59 Å². The van der Waals surface area contributed by atoms with Crippen molar-refractivity contribution in [3.63, 3.8) is 0 Å². The van der Waals surface area contributed by atoms with Crippen LogP contribution in [-0.4, -0.2) is 29.4 Å². The van der Waals surface area contributed by atoms with Crippen molar-refractivity contribution < 1.29 is 9.59 Å². The minimum Gasteiger partial charge on any atom is -0.368 e. The van der Waals surface area contributed by atoms with Crippen molar-refractivity contribution in [3.05, 3.63) is 4.91 Å². The van der Waals surface area contributed by atoms with Gasteiger partial charge in [-0.3, -0.25) is 9.59 Å². The van der Waals surface area contributed by atoms with Gasteiger partial charge >= 0.3 is 0 Å². The van der Waals surface area contributed by atoms with Crippen LogP contribution in [0.1, 0.15) is 19.8 Å². The number of nitrogens with one attached hydrogen (secondary N) is 1. The molecule has 0 spiro atoms. The minimum atomic E-state index is -0.787. The summed E-state index contributed by atoms with van der Waals surface area (Å²) >= 11 is 0. The van der Waals surface area contributed by atoms with Crippen LogP contribution in [0, 0.1) is 16.4 Å². The molecule has 8 heteroatoms. The highest BCUT2D eigenvalue weighted by Gasteiger charge is 2.16. The number of carbonyl (C=O) groups excluding carboxylic acids is 2. The summed E-state index contributed by atoms with van der Waals surface area (Å²) in [5, 5.41) is 13.8. The Bertz CT molecular complexity index is 311. The van der Waals surface area contributed by atoms with Crippen LogP contribution in [0.4, 0.5) is 0 Å². The molecule has 0 saturated heterocycles. The van der Waals surface area contributed by atoms with Gasteiger partial charge in [0.15, 0.2) is 0 Å². The molecule has 0 rings (SSSR count). The lowest BCUT2D eigenvalue weighted by Gasteiger charge is -2.14. The first kappa shape index (κ1) is 13.8. The number of primary amides is 1. The number of nitrogens with two attached hydrogens (primary N) is 1. The van der Waals surface area contributed by atoms with Crippen molar-refractivity contribution in [2.24, 2.45) is 11.0 Å². The predicted molar refractivity (Wildman–Crippen MR) is 54.1 cm³/mol. The van der Waals surface area contributed by atoms with E-state index in [1.807, 2.05) is 0 Å². The van der Waals surface area contributed by atoms with Crippen molar-refractivity contribution in [3.8, 4) is 6.19 Å². The van der Waals surface area contributed by atoms with Gasteiger partial charge in [-0.05, 0) is 12.8 Å². The molecule has 1 unspecified atom stereocenters. The minimum absolute atomic E-state index is 0.0867. The number of carbonyl (C=O) groups is 2. The molecule has 0 bridgehead atoms. The fourth-order valence-electron chi connectivity index (χ4n) is 1.09. The maximum Gasteiger partial charge on any atom is 0.240 e. The van der Waals surface area contributed by atoms with Gasteiger partial charge in [0.05, 0.1) is 11.8 Å². The van der Waals surface area contributed by atoms with Gasteiger partial charge in [0.2, 0.25) is 18.0 Å². The summed E-state index contributed by atoms with van der Waals surface area (Å²) in [6.07, 6.45) is 2.14. The molecule has 8 nitrogen and oxygen atoms in total. The number of hydrogen-bond acceptors (Lipinski definition) is 5. The van der Waals surface area contributed by atoms with Gasteiger partial charge in [0.1, 0.15) is 6.04 Å². The van der Waals surface area contributed by atoms with Crippen LogP contribution in [0.2, 0.25) is 0 Å². The lowest BCUT2D eigenvalue weighted by molar-refractivity contribution is -0.126. The highest BCUT2D eigenvalue weighted by Crippen LogP contribution is 1.99. The molecule has 88 valence electrons. The number of nitroso groups, excluding NO2 is 1. The first-order chi connectivity index (χ1) is 7.51. The van der Waals surface area contributed by atoms with E-state index in [-0.39, 0.29) is 18.9 Å². The van der Waals surface area contributed by atoms with Gasteiger partial charge in [-0.2, -0.15) is 10.3 Å². The van der Waals surface area contributed by atoms with E-state index < -0.39 is 11.9 Å². The molecule has 3 N–H and O–H groups in total. The van der Waals surface area contributed by atoms with E-state index in [1.165, 1.54) is 6.92 Å². The van der Waals surface area contributed by atoms with E-state index in [4.69, 9.17) is 11.0 Å². The molecule has 0 radical (unpaired) electrons. The van der Waals surface area contributed by atoms with Crippen LogP contribution in [0.5, 0.6) is 0 Å². The summed E-state index contributed by atoms with van der Waals surface area (Å²) in [7, 11) is 0. The maximum atomic E-state index is 10.9. The lowest BCUT2D eigenvalue weighted by Crippen LogP contribution is -2.43. The molecule has 0 aromatic heterocycles. The summed E-state index contributed by atoms with van der Waals surface area (Å²) < 4.78 is 0. The van der Waals surface area contributed by atoms with Crippen LogP contribution in [0.15, 0.2) is 5.29 Å². The summed E-state index contributed by atoms with van der Waals surface area (Å²) in [6.45, 7) is 1.36. The van der Waals surface area contributed by atoms with Crippen molar-refractivity contribution in [1.29, 1.82) is 5.26 Å². The molecule has 0 aliphatic heterocycles. The van der Waals surface area contributed by atoms with E-state index in [0.717, 1.165) is 0 Å². The Morgan fingerprint density at radius 3 is 2.62 bits per heavy atom. The van der Waals surface area contributed by atoms with E-state index in [0.29, 0.717) is 11.4 Å². The summed E-state index contributed by atoms with van der Waals surface area (Å²) in [5.41, 5.74) is 5.05. The van der Waals surface area contributed by atoms with E-state index in [2.05, 4.69) is 10.6 Å². The maximum absolute atomic E-state index is 10.9. The molecule has 2 amide bonds. The molecule has 0 aromatic carbocycles. The zero-order valence-electron chi connectivity index (χ0n) is 8.84. The largest absolute Gasteiger partial charge is 0.368 e. The molecule has 0 aliphatic carbocycles. The van der Waals surface area contributed by atoms with Crippen LogP contribution in [0.3, 0.4) is 0 Å². The van der Waals surface area contributed by atoms with Gasteiger partial charge in [0.25, 0.3) is 0 Å². The number of hydrogen-bond donors (Lipinski definition) is 2. The quantitative estimate of drug-likeness (QED) is 0.255. The van der Waals surface area contributed by atoms with E-state index in [1.54, 1.807) is 6.19 Å². The second-order valence-corrected chi connectivity index (χ2v) is 3.10. The lowest BCUT2D eigenvalue weighted by atomic mass is 10.1. The average molecular weight is 227 g/mol. The zero-order chi connectivity index (χ0) is 12.6. The molecule has 0 fully saturated rings. The first-order valence-electron chi connectivity index (χ1n) is 4.58. The molecule has 0 saturated carbocycles. The van der Waals surface area contributed by atoms with Crippen molar-refractivity contribution in [2.45, 2.75) is 25.8 Å². The average Bonchev–Trinajstić information content (AvgIpc) is 2.22. The number of nitriles is 1. The Labute approximate surface area is 92.3 Å². The van der Waals surface area contributed by atoms with Gasteiger partial charge in [-0.1, -0.05) is 0 Å². The van der Waals surface area contributed by atoms with E-state index >= 15 is 0 Å². The molecule has 0 aliphatic rings. The highest BCUT2D eigenvalue weighted by atomic mass is 16.3. The summed E-state index contributed by atoms with van der Waals surface area (Å²) in [5.74, 6) is -1.02. The predicted octanol–water partition coefficient (Wildman–Crippen LogP) is -0.779. The van der Waals surface area contributed by atoms with Crippen molar-refractivity contribution >= 4 is 11.8 Å². The molecule has 1 atom stereocenters. The van der Waals surface area contributed by atoms with Crippen LogP contribution in [0.25, 0.3) is 0 Å². The Kier molecular flexibility index (Phi) is 6.19. The normalized spacial score (nSPS) is 11.0. The van der Waals surface area contributed by atoms with Crippen molar-refractivity contribution in [1.82, 2.24) is 10.3 Å². The fourth-order valence-corrected chi connectivity index (χ4v) is 1.09. The Hall–Kier alpha value is -2.17. The van der Waals surface area contributed by atoms with Crippen LogP contribution >= 0.6 is 0 Å². The zero-order valence-corrected chi connectivity index (χ0v) is 8.84. The number of amides is 2. The fraction of sp³-hybridized carbons (Fsp3) is 0.625. The van der Waals surface area contributed by atoms with Gasteiger partial charge in [-0.25, -0.2) is 0 Å². The first-order valence-corrected chi connectivity index (χ1v) is 4.58. The molecule has 0 heterocycles. The van der Waals surface area contributed by atoms with Crippen LogP contribution < -0.4 is 11.1 Å². The van der Waals surface area contributed by atoms with Gasteiger partial charge in [-0.15, -0.1) is 4.91 Å². The molecular weight excluding hydrogens is 214 g/mol. The highest BCUT2D eigenvalue weighted by molar-refractivity contribution is 5.85. The monoisotopic (exact) mass is 227 g/mol. The number of rotatable bonds is 7. The molecule has 0 aromatic rings. The smallest absolute Gasteiger partial charge is 0.240 e. The van der Waals surface area contributed by atoms with Gasteiger partial charge < -0.3 is 11.1 Å². The Morgan fingerprint density at radius 2 is 2.25 bits per heavy atom. The standard InChI is InChI=1S/C8H13N5O3/c1-6(14)11-7(8(10)15)3-2-4-13(5-9)12-16/h7H,2-4H2,1H3,(H2,10,15)(H,11,14). The SMILES string of the molecule is CC(=O)NC(CCCN(C#N)N=O)C(N)=O. The third kappa shape index (κ3) is 5.54. The summed E-state index contributed by atoms with van der Waals surface area (Å²) in [6, 6.07) is -0.787. The second-order valence-electron chi connectivity index (χ2n) is 3.10. The molecular formula is C8H13N5O3. The Morgan fingerprint density at radius 1 is 1.62 bits per heavy atom. The topological polar surface area (TPSA) is 129 Å². The Balaban J connectivity index is 4.03. The van der Waals surface area contributed by atoms with Crippen molar-refractivity contribution in [2.75, 3.05) is 6.54 Å². The number of nitrogens with zero attached hydrogens (tertiary/aromatic N) is 3. The van der Waals surface area contributed by atoms with E-state index in [9.17, 15) is 14.5 Å². The summed E-state index contributed by atoms with van der Waals surface area (Å²) in [4.78, 5) is 31.6. The van der Waals surface area contributed by atoms with Gasteiger partial charge in [0, 0.05) is 6.92 Å².